The van der Waals surface area contributed by atoms with Crippen LogP contribution in [0.4, 0.5) is 0 Å². The van der Waals surface area contributed by atoms with E-state index < -0.39 is 15.3 Å². The van der Waals surface area contributed by atoms with Gasteiger partial charge >= 0.3 is 0 Å². The number of hydrogen-bond donors (Lipinski definition) is 1. The lowest BCUT2D eigenvalue weighted by Crippen LogP contribution is -2.24. The molecule has 2 aromatic carbocycles. The van der Waals surface area contributed by atoms with E-state index in [1.54, 1.807) is 55.5 Å². The largest absolute Gasteiger partial charge is 0.289 e. The Morgan fingerprint density at radius 3 is 2.24 bits per heavy atom. The number of carbonyl (C=O) groups is 1. The Kier molecular flexibility index (Phi) is 4.55. The van der Waals surface area contributed by atoms with Crippen molar-refractivity contribution in [3.8, 4) is 0 Å². The third-order valence-corrected chi connectivity index (χ3v) is 5.18. The summed E-state index contributed by atoms with van der Waals surface area (Å²) < 4.78 is 26.0. The molecule has 0 saturated carbocycles. The molecule has 1 unspecified atom stereocenters. The van der Waals surface area contributed by atoms with Crippen molar-refractivity contribution in [3.05, 3.63) is 71.3 Å². The molecule has 0 saturated heterocycles. The number of benzene rings is 2. The smallest absolute Gasteiger partial charge is 0.218 e. The number of nitrogens with one attached hydrogen (secondary N) is 1. The number of carbonyl (C=O) groups excluding carboxylic acids is 1. The standard InChI is InChI=1S/C16H17NO3S/c1-12(21(19,20)17-2)14-9-6-10-15(11-14)16(18)13-7-4-3-5-8-13/h3-12,17H,1-2H3. The third-order valence-electron chi connectivity index (χ3n) is 3.40. The first-order chi connectivity index (χ1) is 9.95. The molecule has 0 fully saturated rings. The molecule has 1 N–H and O–H groups in total. The van der Waals surface area contributed by atoms with Crippen LogP contribution in [0.5, 0.6) is 0 Å². The Bertz CT molecular complexity index is 739. The second kappa shape index (κ2) is 6.20. The zero-order valence-corrected chi connectivity index (χ0v) is 12.7. The van der Waals surface area contributed by atoms with Crippen molar-refractivity contribution < 1.29 is 13.2 Å². The van der Waals surface area contributed by atoms with Gasteiger partial charge in [-0.3, -0.25) is 4.79 Å². The summed E-state index contributed by atoms with van der Waals surface area (Å²) in [5, 5.41) is -0.717. The van der Waals surface area contributed by atoms with Gasteiger partial charge in [-0.2, -0.15) is 0 Å². The lowest BCUT2D eigenvalue weighted by molar-refractivity contribution is 0.103. The molecule has 21 heavy (non-hydrogen) atoms. The van der Waals surface area contributed by atoms with E-state index in [1.165, 1.54) is 7.05 Å². The van der Waals surface area contributed by atoms with Gasteiger partial charge in [0, 0.05) is 11.1 Å². The normalized spacial score (nSPS) is 12.9. The van der Waals surface area contributed by atoms with Crippen LogP contribution in [0.1, 0.15) is 33.7 Å². The molecule has 5 heteroatoms. The molecule has 0 amide bonds. The molecule has 2 aromatic rings. The maximum absolute atomic E-state index is 12.4. The molecule has 0 aromatic heterocycles. The van der Waals surface area contributed by atoms with Gasteiger partial charge in [0.15, 0.2) is 5.78 Å². The first kappa shape index (κ1) is 15.4. The summed E-state index contributed by atoms with van der Waals surface area (Å²) in [5.74, 6) is -0.119. The maximum Gasteiger partial charge on any atom is 0.218 e. The molecule has 2 rings (SSSR count). The second-order valence-corrected chi connectivity index (χ2v) is 6.92. The van der Waals surface area contributed by atoms with Crippen LogP contribution in [0.15, 0.2) is 54.6 Å². The molecule has 0 spiro atoms. The molecule has 4 nitrogen and oxygen atoms in total. The van der Waals surface area contributed by atoms with Crippen LogP contribution < -0.4 is 4.72 Å². The maximum atomic E-state index is 12.4. The molecular weight excluding hydrogens is 286 g/mol. The highest BCUT2D eigenvalue weighted by Gasteiger charge is 2.21. The van der Waals surface area contributed by atoms with E-state index in [0.717, 1.165) is 0 Å². The highest BCUT2D eigenvalue weighted by Crippen LogP contribution is 2.22. The van der Waals surface area contributed by atoms with Gasteiger partial charge in [0.2, 0.25) is 10.0 Å². The predicted octanol–water partition coefficient (Wildman–Crippen LogP) is 2.53. The van der Waals surface area contributed by atoms with E-state index in [9.17, 15) is 13.2 Å². The summed E-state index contributed by atoms with van der Waals surface area (Å²) in [6.45, 7) is 1.60. The molecule has 0 bridgehead atoms. The number of rotatable bonds is 5. The van der Waals surface area contributed by atoms with Crippen LogP contribution >= 0.6 is 0 Å². The minimum Gasteiger partial charge on any atom is -0.289 e. The molecule has 110 valence electrons. The summed E-state index contributed by atoms with van der Waals surface area (Å²) in [5.41, 5.74) is 1.65. The van der Waals surface area contributed by atoms with Gasteiger partial charge in [-0.1, -0.05) is 48.5 Å². The summed E-state index contributed by atoms with van der Waals surface area (Å²) in [6, 6.07) is 15.7. The predicted molar refractivity (Wildman–Crippen MR) is 82.7 cm³/mol. The monoisotopic (exact) mass is 303 g/mol. The molecule has 0 aliphatic heterocycles. The summed E-state index contributed by atoms with van der Waals surface area (Å²) in [4.78, 5) is 12.4. The van der Waals surface area contributed by atoms with Crippen LogP contribution in [0.3, 0.4) is 0 Å². The van der Waals surface area contributed by atoms with Gasteiger partial charge in [-0.25, -0.2) is 13.1 Å². The summed E-state index contributed by atoms with van der Waals surface area (Å²) in [7, 11) is -2.04. The van der Waals surface area contributed by atoms with Crippen LogP contribution in [0.25, 0.3) is 0 Å². The van der Waals surface area contributed by atoms with Crippen molar-refractivity contribution in [2.45, 2.75) is 12.2 Å². The quantitative estimate of drug-likeness (QED) is 0.863. The van der Waals surface area contributed by atoms with Crippen LogP contribution in [0.2, 0.25) is 0 Å². The van der Waals surface area contributed by atoms with Crippen molar-refractivity contribution in [1.29, 1.82) is 0 Å². The van der Waals surface area contributed by atoms with Gasteiger partial charge in [-0.15, -0.1) is 0 Å². The first-order valence-corrected chi connectivity index (χ1v) is 8.12. The molecular formula is C16H17NO3S. The SMILES string of the molecule is CNS(=O)(=O)C(C)c1cccc(C(=O)c2ccccc2)c1. The lowest BCUT2D eigenvalue weighted by atomic mass is 10.0. The van der Waals surface area contributed by atoms with E-state index in [-0.39, 0.29) is 5.78 Å². The van der Waals surface area contributed by atoms with Crippen LogP contribution in [0, 0.1) is 0 Å². The van der Waals surface area contributed by atoms with E-state index in [1.807, 2.05) is 6.07 Å². The fourth-order valence-corrected chi connectivity index (χ4v) is 2.90. The summed E-state index contributed by atoms with van der Waals surface area (Å²) >= 11 is 0. The highest BCUT2D eigenvalue weighted by molar-refractivity contribution is 7.89. The fourth-order valence-electron chi connectivity index (χ4n) is 2.04. The molecule has 1 atom stereocenters. The van der Waals surface area contributed by atoms with Gasteiger partial charge in [-0.05, 0) is 25.6 Å². The Balaban J connectivity index is 2.37. The Labute approximate surface area is 124 Å². The van der Waals surface area contributed by atoms with E-state index in [2.05, 4.69) is 4.72 Å². The van der Waals surface area contributed by atoms with Gasteiger partial charge < -0.3 is 0 Å². The van der Waals surface area contributed by atoms with Crippen molar-refractivity contribution >= 4 is 15.8 Å². The zero-order valence-electron chi connectivity index (χ0n) is 11.9. The van der Waals surface area contributed by atoms with Crippen LogP contribution in [-0.2, 0) is 10.0 Å². The Hall–Kier alpha value is -1.98. The minimum absolute atomic E-state index is 0.119. The number of hydrogen-bond acceptors (Lipinski definition) is 3. The van der Waals surface area contributed by atoms with Crippen LogP contribution in [-0.4, -0.2) is 21.2 Å². The van der Waals surface area contributed by atoms with E-state index in [4.69, 9.17) is 0 Å². The fraction of sp³-hybridized carbons (Fsp3) is 0.188. The molecule has 0 aliphatic rings. The van der Waals surface area contributed by atoms with Gasteiger partial charge in [0.25, 0.3) is 0 Å². The van der Waals surface area contributed by atoms with Gasteiger partial charge in [0.1, 0.15) is 0 Å². The van der Waals surface area contributed by atoms with Gasteiger partial charge in [0.05, 0.1) is 5.25 Å². The lowest BCUT2D eigenvalue weighted by Gasteiger charge is -2.13. The Morgan fingerprint density at radius 2 is 1.62 bits per heavy atom. The first-order valence-electron chi connectivity index (χ1n) is 6.58. The second-order valence-electron chi connectivity index (χ2n) is 4.71. The van der Waals surface area contributed by atoms with Crippen molar-refractivity contribution in [3.63, 3.8) is 0 Å². The third kappa shape index (κ3) is 3.37. The minimum atomic E-state index is -3.42. The van der Waals surface area contributed by atoms with Crippen molar-refractivity contribution in [2.75, 3.05) is 7.05 Å². The Morgan fingerprint density at radius 1 is 1.00 bits per heavy atom. The molecule has 0 aliphatic carbocycles. The highest BCUT2D eigenvalue weighted by atomic mass is 32.2. The average molecular weight is 303 g/mol. The topological polar surface area (TPSA) is 63.2 Å². The number of sulfonamides is 1. The van der Waals surface area contributed by atoms with E-state index in [0.29, 0.717) is 16.7 Å². The zero-order chi connectivity index (χ0) is 15.5. The average Bonchev–Trinajstić information content (AvgIpc) is 2.54. The van der Waals surface area contributed by atoms with Crippen molar-refractivity contribution in [1.82, 2.24) is 4.72 Å². The molecule has 0 radical (unpaired) electrons. The van der Waals surface area contributed by atoms with E-state index >= 15 is 0 Å². The molecule has 0 heterocycles. The van der Waals surface area contributed by atoms with Crippen molar-refractivity contribution in [2.24, 2.45) is 0 Å². The summed E-state index contributed by atoms with van der Waals surface area (Å²) in [6.07, 6.45) is 0. The number of ketones is 1.